The summed E-state index contributed by atoms with van der Waals surface area (Å²) in [5.74, 6) is 2.27. The summed E-state index contributed by atoms with van der Waals surface area (Å²) in [6.45, 7) is 0.697. The lowest BCUT2D eigenvalue weighted by molar-refractivity contribution is -0.137. The van der Waals surface area contributed by atoms with E-state index in [2.05, 4.69) is 5.32 Å². The van der Waals surface area contributed by atoms with Gasteiger partial charge in [-0.1, -0.05) is 12.1 Å². The van der Waals surface area contributed by atoms with E-state index in [1.54, 1.807) is 6.07 Å². The summed E-state index contributed by atoms with van der Waals surface area (Å²) >= 11 is 0. The van der Waals surface area contributed by atoms with Crippen LogP contribution in [0.4, 0.5) is 13.2 Å². The fraction of sp³-hybridized carbons (Fsp3) is 0.571. The van der Waals surface area contributed by atoms with E-state index in [0.717, 1.165) is 29.9 Å². The number of benzene rings is 1. The van der Waals surface area contributed by atoms with Crippen molar-refractivity contribution in [2.75, 3.05) is 6.54 Å². The molecule has 1 N–H and O–H groups in total. The molecule has 0 atom stereocenters. The molecular weight excluding hydrogens is 339 g/mol. The zero-order valence-corrected chi connectivity index (χ0v) is 14.7. The Morgan fingerprint density at radius 1 is 1.12 bits per heavy atom. The number of halogens is 3. The average Bonchev–Trinajstić information content (AvgIpc) is 2.57. The third-order valence-corrected chi connectivity index (χ3v) is 6.44. The minimum atomic E-state index is -4.37. The maximum absolute atomic E-state index is 12.7. The Morgan fingerprint density at radius 3 is 2.31 bits per heavy atom. The van der Waals surface area contributed by atoms with Crippen LogP contribution in [0.15, 0.2) is 30.3 Å². The van der Waals surface area contributed by atoms with Gasteiger partial charge in [-0.05, 0) is 85.5 Å². The first-order valence-corrected chi connectivity index (χ1v) is 9.45. The zero-order chi connectivity index (χ0) is 18.4. The quantitative estimate of drug-likeness (QED) is 0.745. The Bertz CT molecular complexity index is 687. The van der Waals surface area contributed by atoms with E-state index >= 15 is 0 Å². The molecule has 1 aromatic rings. The molecule has 2 nitrogen and oxygen atoms in total. The maximum atomic E-state index is 12.7. The molecule has 1 amide bonds. The van der Waals surface area contributed by atoms with Crippen LogP contribution in [0.25, 0.3) is 6.08 Å². The predicted octanol–water partition coefficient (Wildman–Crippen LogP) is 5.05. The van der Waals surface area contributed by atoms with Gasteiger partial charge in [-0.3, -0.25) is 4.79 Å². The van der Waals surface area contributed by atoms with Crippen LogP contribution in [0.3, 0.4) is 0 Å². The molecule has 0 heterocycles. The first-order valence-electron chi connectivity index (χ1n) is 9.45. The lowest BCUT2D eigenvalue weighted by atomic mass is 9.49. The van der Waals surface area contributed by atoms with E-state index in [1.807, 2.05) is 0 Å². The third kappa shape index (κ3) is 3.67. The van der Waals surface area contributed by atoms with Gasteiger partial charge < -0.3 is 5.32 Å². The number of rotatable bonds is 4. The summed E-state index contributed by atoms with van der Waals surface area (Å²) < 4.78 is 38.2. The lowest BCUT2D eigenvalue weighted by Crippen LogP contribution is -2.51. The first-order chi connectivity index (χ1) is 12.3. The van der Waals surface area contributed by atoms with Crippen LogP contribution >= 0.6 is 0 Å². The van der Waals surface area contributed by atoms with Crippen molar-refractivity contribution in [3.63, 3.8) is 0 Å². The minimum absolute atomic E-state index is 0.224. The molecule has 140 valence electrons. The lowest BCUT2D eigenvalue weighted by Gasteiger charge is -2.56. The van der Waals surface area contributed by atoms with Crippen LogP contribution in [0.5, 0.6) is 0 Å². The first kappa shape index (κ1) is 17.6. The number of hydrogen-bond acceptors (Lipinski definition) is 1. The third-order valence-electron chi connectivity index (χ3n) is 6.44. The summed E-state index contributed by atoms with van der Waals surface area (Å²) in [4.78, 5) is 12.2. The molecular formula is C21H24F3NO. The number of alkyl halides is 3. The molecule has 0 spiro atoms. The Labute approximate surface area is 151 Å². The van der Waals surface area contributed by atoms with Gasteiger partial charge >= 0.3 is 6.18 Å². The molecule has 4 aliphatic rings. The number of amides is 1. The van der Waals surface area contributed by atoms with Gasteiger partial charge in [-0.2, -0.15) is 13.2 Å². The number of nitrogens with one attached hydrogen (secondary N) is 1. The van der Waals surface area contributed by atoms with Crippen LogP contribution in [-0.4, -0.2) is 12.5 Å². The van der Waals surface area contributed by atoms with Crippen LogP contribution in [0.2, 0.25) is 0 Å². The molecule has 4 bridgehead atoms. The van der Waals surface area contributed by atoms with E-state index in [0.29, 0.717) is 12.1 Å². The molecule has 0 saturated heterocycles. The van der Waals surface area contributed by atoms with Crippen molar-refractivity contribution < 1.29 is 18.0 Å². The SMILES string of the molecule is O=C(C=Cc1cccc(C(F)(F)F)c1)NCC12CC3CC(CC(C3)C1)C2. The number of carbonyl (C=O) groups is 1. The highest BCUT2D eigenvalue weighted by atomic mass is 19.4. The molecule has 0 unspecified atom stereocenters. The Hall–Kier alpha value is -1.78. The van der Waals surface area contributed by atoms with Gasteiger partial charge in [0.2, 0.25) is 5.91 Å². The Balaban J connectivity index is 1.35. The topological polar surface area (TPSA) is 29.1 Å². The summed E-state index contributed by atoms with van der Waals surface area (Å²) in [7, 11) is 0. The van der Waals surface area contributed by atoms with Crippen molar-refractivity contribution in [3.8, 4) is 0 Å². The highest BCUT2D eigenvalue weighted by Gasteiger charge is 2.50. The standard InChI is InChI=1S/C21H24F3NO/c22-21(23,24)18-3-1-2-14(9-18)4-5-19(26)25-13-20-10-15-6-16(11-20)8-17(7-15)12-20/h1-5,9,15-17H,6-8,10-13H2,(H,25,26). The fourth-order valence-electron chi connectivity index (χ4n) is 5.83. The van der Waals surface area contributed by atoms with Gasteiger partial charge in [0.15, 0.2) is 0 Å². The maximum Gasteiger partial charge on any atom is 0.416 e. The van der Waals surface area contributed by atoms with Gasteiger partial charge in [-0.25, -0.2) is 0 Å². The summed E-state index contributed by atoms with van der Waals surface area (Å²) in [6.07, 6.45) is 6.17. The van der Waals surface area contributed by atoms with Gasteiger partial charge in [0, 0.05) is 12.6 Å². The van der Waals surface area contributed by atoms with Crippen molar-refractivity contribution >= 4 is 12.0 Å². The van der Waals surface area contributed by atoms with E-state index in [9.17, 15) is 18.0 Å². The Morgan fingerprint density at radius 2 is 1.73 bits per heavy atom. The van der Waals surface area contributed by atoms with Crippen molar-refractivity contribution in [2.24, 2.45) is 23.2 Å². The molecule has 0 radical (unpaired) electrons. The zero-order valence-electron chi connectivity index (χ0n) is 14.7. The van der Waals surface area contributed by atoms with E-state index in [1.165, 1.54) is 56.7 Å². The molecule has 1 aromatic carbocycles. The molecule has 5 heteroatoms. The van der Waals surface area contributed by atoms with Gasteiger partial charge in [0.05, 0.1) is 5.56 Å². The second-order valence-corrected chi connectivity index (χ2v) is 8.59. The molecule has 4 fully saturated rings. The molecule has 5 rings (SSSR count). The van der Waals surface area contributed by atoms with Crippen molar-refractivity contribution in [3.05, 3.63) is 41.5 Å². The van der Waals surface area contributed by atoms with Gasteiger partial charge in [0.1, 0.15) is 0 Å². The van der Waals surface area contributed by atoms with Crippen molar-refractivity contribution in [1.29, 1.82) is 0 Å². The highest BCUT2D eigenvalue weighted by Crippen LogP contribution is 2.59. The molecule has 26 heavy (non-hydrogen) atoms. The second-order valence-electron chi connectivity index (χ2n) is 8.59. The van der Waals surface area contributed by atoms with Crippen molar-refractivity contribution in [1.82, 2.24) is 5.32 Å². The molecule has 4 aliphatic carbocycles. The minimum Gasteiger partial charge on any atom is -0.352 e. The second kappa shape index (κ2) is 6.43. The predicted molar refractivity (Wildman–Crippen MR) is 94.1 cm³/mol. The number of carbonyl (C=O) groups excluding carboxylic acids is 1. The largest absolute Gasteiger partial charge is 0.416 e. The van der Waals surface area contributed by atoms with Crippen LogP contribution in [0.1, 0.15) is 49.7 Å². The molecule has 0 aliphatic heterocycles. The van der Waals surface area contributed by atoms with Crippen LogP contribution < -0.4 is 5.32 Å². The van der Waals surface area contributed by atoms with Gasteiger partial charge in [0.25, 0.3) is 0 Å². The van der Waals surface area contributed by atoms with E-state index in [4.69, 9.17) is 0 Å². The smallest absolute Gasteiger partial charge is 0.352 e. The Kier molecular flexibility index (Phi) is 4.36. The van der Waals surface area contributed by atoms with E-state index in [-0.39, 0.29) is 11.3 Å². The monoisotopic (exact) mass is 363 g/mol. The fourth-order valence-corrected chi connectivity index (χ4v) is 5.83. The van der Waals surface area contributed by atoms with Crippen LogP contribution in [0, 0.1) is 23.2 Å². The molecule has 4 saturated carbocycles. The van der Waals surface area contributed by atoms with Gasteiger partial charge in [-0.15, -0.1) is 0 Å². The highest BCUT2D eigenvalue weighted by molar-refractivity contribution is 5.91. The normalized spacial score (nSPS) is 33.0. The van der Waals surface area contributed by atoms with Crippen LogP contribution in [-0.2, 0) is 11.0 Å². The van der Waals surface area contributed by atoms with E-state index < -0.39 is 11.7 Å². The summed E-state index contributed by atoms with van der Waals surface area (Å²) in [6, 6.07) is 5.02. The summed E-state index contributed by atoms with van der Waals surface area (Å²) in [5, 5.41) is 3.01. The molecule has 0 aromatic heterocycles. The summed E-state index contributed by atoms with van der Waals surface area (Å²) in [5.41, 5.74) is -0.0625. The average molecular weight is 363 g/mol. The van der Waals surface area contributed by atoms with Crippen molar-refractivity contribution in [2.45, 2.75) is 44.7 Å². The number of hydrogen-bond donors (Lipinski definition) is 1.